The summed E-state index contributed by atoms with van der Waals surface area (Å²) in [5.41, 5.74) is 6.31. The van der Waals surface area contributed by atoms with Crippen LogP contribution in [0.3, 0.4) is 0 Å². The quantitative estimate of drug-likeness (QED) is 0.400. The molecule has 2 aromatic carbocycles. The lowest BCUT2D eigenvalue weighted by Crippen LogP contribution is -2.25. The van der Waals surface area contributed by atoms with Crippen LogP contribution >= 0.6 is 31.9 Å². The van der Waals surface area contributed by atoms with Gasteiger partial charge >= 0.3 is 0 Å². The molecule has 4 rings (SSSR count). The van der Waals surface area contributed by atoms with Gasteiger partial charge in [-0.3, -0.25) is 9.59 Å². The van der Waals surface area contributed by atoms with E-state index < -0.39 is 5.91 Å². The molecule has 1 amide bonds. The van der Waals surface area contributed by atoms with Crippen LogP contribution in [0, 0.1) is 0 Å². The van der Waals surface area contributed by atoms with Crippen molar-refractivity contribution in [2.24, 2.45) is 10.8 Å². The molecule has 8 nitrogen and oxygen atoms in total. The van der Waals surface area contributed by atoms with Crippen LogP contribution in [0.1, 0.15) is 49.4 Å². The number of primary amides is 1. The van der Waals surface area contributed by atoms with Gasteiger partial charge in [0.25, 0.3) is 11.5 Å². The molecule has 1 saturated carbocycles. The predicted octanol–water partition coefficient (Wildman–Crippen LogP) is 4.72. The van der Waals surface area contributed by atoms with E-state index >= 15 is 0 Å². The molecule has 3 aromatic rings. The SMILES string of the molecule is COc1cc(C=Nn2c(C3CCCCC3)nc3ccc(Br)cc3c2=O)cc(Br)c1OCC(N)=O. The molecule has 1 aromatic heterocycles. The Hall–Kier alpha value is -2.72. The molecular formula is C24H24Br2N4O4. The van der Waals surface area contributed by atoms with Crippen molar-refractivity contribution in [3.8, 4) is 11.5 Å². The van der Waals surface area contributed by atoms with Gasteiger partial charge in [0.2, 0.25) is 0 Å². The Balaban J connectivity index is 1.78. The second-order valence-corrected chi connectivity index (χ2v) is 9.89. The molecule has 0 bridgehead atoms. The van der Waals surface area contributed by atoms with Crippen molar-refractivity contribution >= 4 is 54.9 Å². The van der Waals surface area contributed by atoms with Gasteiger partial charge in [0.15, 0.2) is 18.1 Å². The van der Waals surface area contributed by atoms with Crippen LogP contribution in [-0.2, 0) is 4.79 Å². The van der Waals surface area contributed by atoms with Crippen molar-refractivity contribution in [3.63, 3.8) is 0 Å². The van der Waals surface area contributed by atoms with Crippen LogP contribution in [0.25, 0.3) is 10.9 Å². The number of ether oxygens (including phenoxy) is 2. The highest BCUT2D eigenvalue weighted by Crippen LogP contribution is 2.36. The van der Waals surface area contributed by atoms with Gasteiger partial charge in [-0.15, -0.1) is 0 Å². The Morgan fingerprint density at radius 2 is 2.00 bits per heavy atom. The maximum atomic E-state index is 13.4. The van der Waals surface area contributed by atoms with Crippen LogP contribution in [0.15, 0.2) is 49.2 Å². The maximum absolute atomic E-state index is 13.4. The summed E-state index contributed by atoms with van der Waals surface area (Å²) in [6, 6.07) is 8.98. The first kappa shape index (κ1) is 24.4. The van der Waals surface area contributed by atoms with E-state index in [0.29, 0.717) is 38.3 Å². The minimum absolute atomic E-state index is 0.178. The lowest BCUT2D eigenvalue weighted by Gasteiger charge is -2.22. The van der Waals surface area contributed by atoms with E-state index in [1.165, 1.54) is 18.2 Å². The van der Waals surface area contributed by atoms with Crippen molar-refractivity contribution in [1.29, 1.82) is 0 Å². The van der Waals surface area contributed by atoms with Gasteiger partial charge in [-0.05, 0) is 64.7 Å². The average molecular weight is 592 g/mol. The number of halogens is 2. The molecule has 2 N–H and O–H groups in total. The summed E-state index contributed by atoms with van der Waals surface area (Å²) in [7, 11) is 1.50. The van der Waals surface area contributed by atoms with E-state index in [0.717, 1.165) is 30.2 Å². The Labute approximate surface area is 213 Å². The van der Waals surface area contributed by atoms with Gasteiger partial charge < -0.3 is 15.2 Å². The van der Waals surface area contributed by atoms with Gasteiger partial charge in [-0.1, -0.05) is 35.2 Å². The first-order valence-corrected chi connectivity index (χ1v) is 12.5. The number of carbonyl (C=O) groups is 1. The zero-order valence-corrected chi connectivity index (χ0v) is 21.8. The minimum atomic E-state index is -0.593. The lowest BCUT2D eigenvalue weighted by molar-refractivity contribution is -0.119. The van der Waals surface area contributed by atoms with Crippen molar-refractivity contribution in [3.05, 3.63) is 61.0 Å². The number of hydrogen-bond acceptors (Lipinski definition) is 6. The molecule has 0 spiro atoms. The van der Waals surface area contributed by atoms with Crippen LogP contribution in [0.5, 0.6) is 11.5 Å². The Bertz CT molecular complexity index is 1320. The number of hydrogen-bond donors (Lipinski definition) is 1. The minimum Gasteiger partial charge on any atom is -0.493 e. The fourth-order valence-corrected chi connectivity index (χ4v) is 5.06. The summed E-state index contributed by atoms with van der Waals surface area (Å²) in [6.45, 7) is -0.277. The highest BCUT2D eigenvalue weighted by molar-refractivity contribution is 9.10. The summed E-state index contributed by atoms with van der Waals surface area (Å²) in [6.07, 6.45) is 6.97. The molecule has 0 saturated heterocycles. The summed E-state index contributed by atoms with van der Waals surface area (Å²) in [4.78, 5) is 29.4. The summed E-state index contributed by atoms with van der Waals surface area (Å²) in [5.74, 6) is 1.03. The third-order valence-electron chi connectivity index (χ3n) is 5.74. The first-order chi connectivity index (χ1) is 16.4. The summed E-state index contributed by atoms with van der Waals surface area (Å²) >= 11 is 6.88. The average Bonchev–Trinajstić information content (AvgIpc) is 2.83. The molecule has 0 unspecified atom stereocenters. The summed E-state index contributed by atoms with van der Waals surface area (Å²) in [5, 5.41) is 5.06. The number of aromatic nitrogens is 2. The van der Waals surface area contributed by atoms with Gasteiger partial charge in [0, 0.05) is 10.4 Å². The van der Waals surface area contributed by atoms with Gasteiger partial charge in [0.1, 0.15) is 5.82 Å². The van der Waals surface area contributed by atoms with Crippen LogP contribution in [-0.4, -0.2) is 35.5 Å². The van der Waals surface area contributed by atoms with Gasteiger partial charge in [-0.25, -0.2) is 4.98 Å². The molecular weight excluding hydrogens is 568 g/mol. The molecule has 1 aliphatic rings. The van der Waals surface area contributed by atoms with E-state index in [1.54, 1.807) is 24.4 Å². The number of carbonyl (C=O) groups excluding carboxylic acids is 1. The zero-order chi connectivity index (χ0) is 24.2. The van der Waals surface area contributed by atoms with Crippen molar-refractivity contribution in [2.75, 3.05) is 13.7 Å². The Morgan fingerprint density at radius 1 is 1.24 bits per heavy atom. The van der Waals surface area contributed by atoms with E-state index in [4.69, 9.17) is 20.2 Å². The number of nitrogens with zero attached hydrogens (tertiary/aromatic N) is 3. The topological polar surface area (TPSA) is 109 Å². The van der Waals surface area contributed by atoms with E-state index in [2.05, 4.69) is 37.0 Å². The van der Waals surface area contributed by atoms with Crippen molar-refractivity contribution < 1.29 is 14.3 Å². The van der Waals surface area contributed by atoms with Crippen LogP contribution in [0.2, 0.25) is 0 Å². The zero-order valence-electron chi connectivity index (χ0n) is 18.6. The lowest BCUT2D eigenvalue weighted by atomic mass is 9.88. The molecule has 0 aliphatic heterocycles. The van der Waals surface area contributed by atoms with Crippen molar-refractivity contribution in [2.45, 2.75) is 38.0 Å². The molecule has 1 aliphatic carbocycles. The molecule has 0 radical (unpaired) electrons. The molecule has 178 valence electrons. The third-order valence-corrected chi connectivity index (χ3v) is 6.82. The second-order valence-electron chi connectivity index (χ2n) is 8.12. The third kappa shape index (κ3) is 5.33. The maximum Gasteiger partial charge on any atom is 0.282 e. The van der Waals surface area contributed by atoms with E-state index in [1.807, 2.05) is 12.1 Å². The number of rotatable bonds is 7. The van der Waals surface area contributed by atoms with Crippen LogP contribution in [0.4, 0.5) is 0 Å². The van der Waals surface area contributed by atoms with E-state index in [-0.39, 0.29) is 18.1 Å². The van der Waals surface area contributed by atoms with Crippen LogP contribution < -0.4 is 20.8 Å². The first-order valence-electron chi connectivity index (χ1n) is 10.9. The molecule has 1 fully saturated rings. The Morgan fingerprint density at radius 3 is 2.71 bits per heavy atom. The molecule has 0 atom stereocenters. The van der Waals surface area contributed by atoms with Crippen molar-refractivity contribution in [1.82, 2.24) is 9.66 Å². The monoisotopic (exact) mass is 590 g/mol. The standard InChI is InChI=1S/C24H24Br2N4O4/c1-33-20-10-14(9-18(26)22(20)34-13-21(27)31)12-28-30-23(15-5-3-2-4-6-15)29-19-8-7-16(25)11-17(19)24(30)32/h7-12,15H,2-6,13H2,1H3,(H2,27,31). The molecule has 10 heteroatoms. The fraction of sp³-hybridized carbons (Fsp3) is 0.333. The fourth-order valence-electron chi connectivity index (χ4n) is 4.12. The van der Waals surface area contributed by atoms with Gasteiger partial charge in [-0.2, -0.15) is 9.78 Å². The van der Waals surface area contributed by atoms with Gasteiger partial charge in [0.05, 0.1) is 28.7 Å². The predicted molar refractivity (Wildman–Crippen MR) is 138 cm³/mol. The largest absolute Gasteiger partial charge is 0.493 e. The smallest absolute Gasteiger partial charge is 0.282 e. The molecule has 34 heavy (non-hydrogen) atoms. The highest BCUT2D eigenvalue weighted by Gasteiger charge is 2.22. The number of benzene rings is 2. The number of methoxy groups -OCH3 is 1. The Kier molecular flexibility index (Phi) is 7.67. The number of amides is 1. The highest BCUT2D eigenvalue weighted by atomic mass is 79.9. The summed E-state index contributed by atoms with van der Waals surface area (Å²) < 4.78 is 13.7. The second kappa shape index (κ2) is 10.7. The van der Waals surface area contributed by atoms with E-state index in [9.17, 15) is 9.59 Å². The number of fused-ring (bicyclic) bond motifs is 1. The number of nitrogens with two attached hydrogens (primary N) is 1. The normalized spacial score (nSPS) is 14.6. The molecule has 1 heterocycles.